The monoisotopic (exact) mass is 262 g/mol. The van der Waals surface area contributed by atoms with Crippen LogP contribution in [0.1, 0.15) is 0 Å². The summed E-state index contributed by atoms with van der Waals surface area (Å²) in [7, 11) is 0. The van der Waals surface area contributed by atoms with Gasteiger partial charge in [0.05, 0.1) is 0 Å². The molecule has 0 saturated carbocycles. The molecule has 0 aliphatic heterocycles. The molecule has 0 bridgehead atoms. The van der Waals surface area contributed by atoms with E-state index < -0.39 is 18.0 Å². The van der Waals surface area contributed by atoms with Gasteiger partial charge in [0.25, 0.3) is 0 Å². The molecule has 18 heavy (non-hydrogen) atoms. The molecule has 0 amide bonds. The van der Waals surface area contributed by atoms with Gasteiger partial charge in [-0.1, -0.05) is 36.4 Å². The van der Waals surface area contributed by atoms with Gasteiger partial charge in [-0.3, -0.25) is 0 Å². The van der Waals surface area contributed by atoms with Crippen LogP contribution in [0.4, 0.5) is 22.0 Å². The Balaban J connectivity index is 2.44. The third kappa shape index (κ3) is 2.23. The van der Waals surface area contributed by atoms with Crippen molar-refractivity contribution in [1.82, 2.24) is 0 Å². The molecule has 6 heteroatoms. The summed E-state index contributed by atoms with van der Waals surface area (Å²) in [6, 6.07) is 10.2. The fourth-order valence-electron chi connectivity index (χ4n) is 1.48. The minimum Gasteiger partial charge on any atom is -0.425 e. The highest BCUT2D eigenvalue weighted by molar-refractivity contribution is 5.88. The second-order valence-corrected chi connectivity index (χ2v) is 3.59. The van der Waals surface area contributed by atoms with Crippen molar-refractivity contribution in [2.75, 3.05) is 0 Å². The van der Waals surface area contributed by atoms with Gasteiger partial charge in [-0.15, -0.1) is 0 Å². The number of rotatable bonds is 2. The van der Waals surface area contributed by atoms with Gasteiger partial charge in [-0.05, 0) is 11.5 Å². The molecule has 0 aliphatic carbocycles. The van der Waals surface area contributed by atoms with E-state index in [1.807, 2.05) is 0 Å². The largest absolute Gasteiger partial charge is 0.499 e. The zero-order valence-corrected chi connectivity index (χ0v) is 8.84. The van der Waals surface area contributed by atoms with Crippen LogP contribution in [0.5, 0.6) is 5.75 Å². The minimum atomic E-state index is -5.75. The third-order valence-electron chi connectivity index (χ3n) is 2.32. The molecule has 0 unspecified atom stereocenters. The van der Waals surface area contributed by atoms with E-state index in [9.17, 15) is 22.0 Å². The molecular formula is C12H7F5O. The van der Waals surface area contributed by atoms with Crippen molar-refractivity contribution in [3.63, 3.8) is 0 Å². The second kappa shape index (κ2) is 4.12. The Morgan fingerprint density at radius 2 is 1.39 bits per heavy atom. The molecule has 0 spiro atoms. The fourth-order valence-corrected chi connectivity index (χ4v) is 1.48. The lowest BCUT2D eigenvalue weighted by atomic mass is 10.1. The molecule has 0 aliphatic rings. The fraction of sp³-hybridized carbons (Fsp3) is 0.167. The van der Waals surface area contributed by atoms with Gasteiger partial charge in [-0.25, -0.2) is 0 Å². The van der Waals surface area contributed by atoms with Gasteiger partial charge in [0, 0.05) is 5.39 Å². The van der Waals surface area contributed by atoms with Gasteiger partial charge in [0.15, 0.2) is 0 Å². The maximum Gasteiger partial charge on any atom is 0.499 e. The van der Waals surface area contributed by atoms with E-state index in [1.165, 1.54) is 18.2 Å². The molecule has 0 aromatic heterocycles. The van der Waals surface area contributed by atoms with Crippen LogP contribution in [0.2, 0.25) is 0 Å². The molecule has 0 N–H and O–H groups in total. The smallest absolute Gasteiger partial charge is 0.425 e. The van der Waals surface area contributed by atoms with E-state index >= 15 is 0 Å². The summed E-state index contributed by atoms with van der Waals surface area (Å²) in [6.45, 7) is 0. The lowest BCUT2D eigenvalue weighted by Crippen LogP contribution is -2.41. The van der Waals surface area contributed by atoms with Gasteiger partial charge >= 0.3 is 12.3 Å². The van der Waals surface area contributed by atoms with Crippen LogP contribution in [0.3, 0.4) is 0 Å². The summed E-state index contributed by atoms with van der Waals surface area (Å²) in [6.07, 6.45) is -11.0. The van der Waals surface area contributed by atoms with Crippen molar-refractivity contribution in [3.8, 4) is 5.75 Å². The molecular weight excluding hydrogens is 255 g/mol. The molecule has 0 atom stereocenters. The van der Waals surface area contributed by atoms with E-state index in [2.05, 4.69) is 4.74 Å². The SMILES string of the molecule is FC(F)(F)C(F)(F)Oc1cccc2ccccc12. The van der Waals surface area contributed by atoms with E-state index in [1.54, 1.807) is 18.2 Å². The van der Waals surface area contributed by atoms with Crippen LogP contribution in [0.15, 0.2) is 42.5 Å². The normalized spacial score (nSPS) is 12.7. The summed E-state index contributed by atoms with van der Waals surface area (Å²) in [5, 5.41) is 0.719. The zero-order chi connectivity index (χ0) is 13.4. The van der Waals surface area contributed by atoms with Crippen LogP contribution >= 0.6 is 0 Å². The standard InChI is InChI=1S/C12H7F5O/c13-11(14,15)12(16,17)18-10-7-3-5-8-4-1-2-6-9(8)10/h1-7H. The first-order valence-corrected chi connectivity index (χ1v) is 4.92. The molecule has 0 fully saturated rings. The van der Waals surface area contributed by atoms with Crippen molar-refractivity contribution in [2.45, 2.75) is 12.3 Å². The van der Waals surface area contributed by atoms with Gasteiger partial charge in [0.1, 0.15) is 5.75 Å². The third-order valence-corrected chi connectivity index (χ3v) is 2.32. The lowest BCUT2D eigenvalue weighted by molar-refractivity contribution is -0.360. The molecule has 0 radical (unpaired) electrons. The van der Waals surface area contributed by atoms with Gasteiger partial charge < -0.3 is 4.74 Å². The number of alkyl halides is 5. The predicted octanol–water partition coefficient (Wildman–Crippen LogP) is 4.37. The Morgan fingerprint density at radius 3 is 2.06 bits per heavy atom. The summed E-state index contributed by atoms with van der Waals surface area (Å²) >= 11 is 0. The lowest BCUT2D eigenvalue weighted by Gasteiger charge is -2.21. The van der Waals surface area contributed by atoms with E-state index in [0.29, 0.717) is 5.39 Å². The summed E-state index contributed by atoms with van der Waals surface area (Å²) in [5.74, 6) is -0.504. The number of halogens is 5. The second-order valence-electron chi connectivity index (χ2n) is 3.59. The van der Waals surface area contributed by atoms with E-state index in [4.69, 9.17) is 0 Å². The van der Waals surface area contributed by atoms with Crippen LogP contribution in [-0.4, -0.2) is 12.3 Å². The number of hydrogen-bond acceptors (Lipinski definition) is 1. The minimum absolute atomic E-state index is 0.198. The average molecular weight is 262 g/mol. The molecule has 0 saturated heterocycles. The maximum absolute atomic E-state index is 12.8. The maximum atomic E-state index is 12.8. The van der Waals surface area contributed by atoms with Gasteiger partial charge in [0.2, 0.25) is 0 Å². The predicted molar refractivity (Wildman–Crippen MR) is 55.6 cm³/mol. The summed E-state index contributed by atoms with van der Waals surface area (Å²) in [5.41, 5.74) is 0. The topological polar surface area (TPSA) is 9.23 Å². The van der Waals surface area contributed by atoms with Crippen LogP contribution in [0, 0.1) is 0 Å². The van der Waals surface area contributed by atoms with Crippen LogP contribution < -0.4 is 4.74 Å². The van der Waals surface area contributed by atoms with Crippen molar-refractivity contribution < 1.29 is 26.7 Å². The molecule has 0 heterocycles. The van der Waals surface area contributed by atoms with Crippen molar-refractivity contribution >= 4 is 10.8 Å². The Labute approximate surface area is 98.8 Å². The van der Waals surface area contributed by atoms with Crippen LogP contribution in [-0.2, 0) is 0 Å². The zero-order valence-electron chi connectivity index (χ0n) is 8.84. The van der Waals surface area contributed by atoms with Crippen molar-refractivity contribution in [2.24, 2.45) is 0 Å². The number of hydrogen-bond donors (Lipinski definition) is 0. The number of fused-ring (bicyclic) bond motifs is 1. The molecule has 2 rings (SSSR count). The highest BCUT2D eigenvalue weighted by Crippen LogP contribution is 2.39. The highest BCUT2D eigenvalue weighted by Gasteiger charge is 2.61. The van der Waals surface area contributed by atoms with Crippen molar-refractivity contribution in [3.05, 3.63) is 42.5 Å². The Morgan fingerprint density at radius 1 is 0.778 bits per heavy atom. The van der Waals surface area contributed by atoms with Crippen molar-refractivity contribution in [1.29, 1.82) is 0 Å². The molecule has 96 valence electrons. The quantitative estimate of drug-likeness (QED) is 0.730. The Bertz CT molecular complexity index is 556. The molecule has 1 nitrogen and oxygen atoms in total. The first kappa shape index (κ1) is 12.6. The van der Waals surface area contributed by atoms with E-state index in [-0.39, 0.29) is 5.39 Å². The summed E-state index contributed by atoms with van der Waals surface area (Å²) < 4.78 is 65.5. The number of benzene rings is 2. The average Bonchev–Trinajstić information content (AvgIpc) is 2.27. The molecule has 2 aromatic rings. The first-order valence-electron chi connectivity index (χ1n) is 4.92. The number of ether oxygens (including phenoxy) is 1. The Kier molecular flexibility index (Phi) is 2.88. The van der Waals surface area contributed by atoms with Gasteiger partial charge in [-0.2, -0.15) is 22.0 Å². The Hall–Kier alpha value is -1.85. The van der Waals surface area contributed by atoms with Crippen LogP contribution in [0.25, 0.3) is 10.8 Å². The highest BCUT2D eigenvalue weighted by atomic mass is 19.4. The molecule has 2 aromatic carbocycles. The summed E-state index contributed by atoms with van der Waals surface area (Å²) in [4.78, 5) is 0. The first-order chi connectivity index (χ1) is 8.31. The van der Waals surface area contributed by atoms with E-state index in [0.717, 1.165) is 6.07 Å².